The Balaban J connectivity index is 1.78. The topological polar surface area (TPSA) is 55.8 Å². The minimum atomic E-state index is -0.660. The van der Waals surface area contributed by atoms with Crippen molar-refractivity contribution in [3.63, 3.8) is 0 Å². The lowest BCUT2D eigenvalue weighted by Crippen LogP contribution is -2.55. The van der Waals surface area contributed by atoms with Crippen LogP contribution in [-0.4, -0.2) is 16.9 Å². The second-order valence-electron chi connectivity index (χ2n) is 13.6. The van der Waals surface area contributed by atoms with Crippen molar-refractivity contribution in [1.82, 2.24) is 0 Å². The summed E-state index contributed by atoms with van der Waals surface area (Å²) in [5.41, 5.74) is 1.88. The molecule has 36 heavy (non-hydrogen) atoms. The Labute approximate surface area is 218 Å². The summed E-state index contributed by atoms with van der Waals surface area (Å²) < 4.78 is 12.4. The molecule has 1 N–H and O–H groups in total. The maximum Gasteiger partial charge on any atom is 0.309 e. The standard InChI is InChI=1S/C32H48O4/c1-10-31(8)25-13-11-12-22(3)26-24(35-28(4,5)36-26)15-17-29(25,6)18-19-32(31,9)23-20-30(7,27(33)34)16-14-21(23)2/h12-13,15,17,21,23H,10-11,14,16,18-20H2,1-9H3,(H,33,34)/b17-15+,22-12+,25-13?/t21-,23-,29-,30-,31-,32+/m1/s1. The molecule has 6 atom stereocenters. The molecule has 3 aliphatic carbocycles. The van der Waals surface area contributed by atoms with Gasteiger partial charge in [0.15, 0.2) is 11.5 Å². The minimum absolute atomic E-state index is 0.0275. The minimum Gasteiger partial charge on any atom is -0.481 e. The van der Waals surface area contributed by atoms with E-state index in [1.54, 1.807) is 0 Å². The summed E-state index contributed by atoms with van der Waals surface area (Å²) in [6.07, 6.45) is 15.8. The van der Waals surface area contributed by atoms with Crippen molar-refractivity contribution in [1.29, 1.82) is 0 Å². The van der Waals surface area contributed by atoms with Gasteiger partial charge < -0.3 is 14.6 Å². The lowest BCUT2D eigenvalue weighted by molar-refractivity contribution is -0.156. The molecule has 0 spiro atoms. The average molecular weight is 497 g/mol. The molecule has 4 rings (SSSR count). The molecular formula is C32H48O4. The number of carboxylic acid groups (broad SMARTS) is 1. The zero-order chi connectivity index (χ0) is 26.7. The summed E-state index contributed by atoms with van der Waals surface area (Å²) in [5.74, 6) is 1.27. The molecule has 4 heteroatoms. The normalized spacial score (nSPS) is 44.7. The molecule has 2 fully saturated rings. The highest BCUT2D eigenvalue weighted by atomic mass is 16.7. The van der Waals surface area contributed by atoms with E-state index in [1.807, 2.05) is 20.8 Å². The molecule has 0 aromatic carbocycles. The highest BCUT2D eigenvalue weighted by Gasteiger charge is 2.60. The molecule has 4 nitrogen and oxygen atoms in total. The van der Waals surface area contributed by atoms with Gasteiger partial charge in [0.1, 0.15) is 0 Å². The second-order valence-corrected chi connectivity index (χ2v) is 13.6. The third kappa shape index (κ3) is 4.17. The summed E-state index contributed by atoms with van der Waals surface area (Å²) in [6, 6.07) is 0. The summed E-state index contributed by atoms with van der Waals surface area (Å²) in [4.78, 5) is 12.3. The molecule has 1 aliphatic heterocycles. The lowest BCUT2D eigenvalue weighted by Gasteiger charge is -2.63. The molecule has 1 heterocycles. The van der Waals surface area contributed by atoms with Gasteiger partial charge in [-0.05, 0) is 93.1 Å². The van der Waals surface area contributed by atoms with Crippen LogP contribution in [0.25, 0.3) is 0 Å². The van der Waals surface area contributed by atoms with E-state index >= 15 is 0 Å². The van der Waals surface area contributed by atoms with Gasteiger partial charge in [0.2, 0.25) is 5.79 Å². The van der Waals surface area contributed by atoms with E-state index < -0.39 is 17.2 Å². The van der Waals surface area contributed by atoms with E-state index in [9.17, 15) is 9.90 Å². The molecule has 0 radical (unpaired) electrons. The van der Waals surface area contributed by atoms with Crippen LogP contribution in [0.2, 0.25) is 0 Å². The highest BCUT2D eigenvalue weighted by Crippen LogP contribution is 2.68. The maximum absolute atomic E-state index is 12.3. The maximum atomic E-state index is 12.3. The lowest BCUT2D eigenvalue weighted by atomic mass is 9.41. The number of rotatable bonds is 3. The van der Waals surface area contributed by atoms with Crippen molar-refractivity contribution in [2.75, 3.05) is 0 Å². The molecule has 0 aromatic rings. The molecule has 0 unspecified atom stereocenters. The van der Waals surface area contributed by atoms with Crippen LogP contribution in [-0.2, 0) is 14.3 Å². The van der Waals surface area contributed by atoms with Crippen molar-refractivity contribution in [3.8, 4) is 0 Å². The van der Waals surface area contributed by atoms with Gasteiger partial charge in [-0.2, -0.15) is 0 Å². The van der Waals surface area contributed by atoms with Crippen molar-refractivity contribution in [2.45, 2.75) is 113 Å². The van der Waals surface area contributed by atoms with Crippen LogP contribution in [0, 0.1) is 33.5 Å². The fourth-order valence-electron chi connectivity index (χ4n) is 7.99. The van der Waals surface area contributed by atoms with E-state index in [2.05, 4.69) is 65.8 Å². The van der Waals surface area contributed by atoms with Crippen LogP contribution in [0.4, 0.5) is 0 Å². The Morgan fingerprint density at radius 2 is 1.75 bits per heavy atom. The predicted molar refractivity (Wildman–Crippen MR) is 145 cm³/mol. The first-order valence-corrected chi connectivity index (χ1v) is 14.0. The summed E-state index contributed by atoms with van der Waals surface area (Å²) in [7, 11) is 0. The number of hydrogen-bond acceptors (Lipinski definition) is 3. The quantitative estimate of drug-likeness (QED) is 0.398. The monoisotopic (exact) mass is 496 g/mol. The van der Waals surface area contributed by atoms with Crippen LogP contribution < -0.4 is 0 Å². The molecule has 0 amide bonds. The Morgan fingerprint density at radius 3 is 2.39 bits per heavy atom. The number of carbonyl (C=O) groups is 1. The van der Waals surface area contributed by atoms with E-state index in [1.165, 1.54) is 5.57 Å². The Hall–Kier alpha value is -1.97. The predicted octanol–water partition coefficient (Wildman–Crippen LogP) is 8.56. The largest absolute Gasteiger partial charge is 0.481 e. The highest BCUT2D eigenvalue weighted by molar-refractivity contribution is 5.74. The Morgan fingerprint density at radius 1 is 1.06 bits per heavy atom. The van der Waals surface area contributed by atoms with Crippen molar-refractivity contribution < 1.29 is 19.4 Å². The van der Waals surface area contributed by atoms with E-state index in [0.717, 1.165) is 62.0 Å². The molecule has 2 saturated carbocycles. The molecule has 0 bridgehead atoms. The number of allylic oxidation sites excluding steroid dienone is 6. The smallest absolute Gasteiger partial charge is 0.309 e. The number of hydrogen-bond donors (Lipinski definition) is 1. The Bertz CT molecular complexity index is 1040. The fourth-order valence-corrected chi connectivity index (χ4v) is 7.99. The molecule has 0 aromatic heterocycles. The number of aliphatic carboxylic acids is 1. The van der Waals surface area contributed by atoms with Gasteiger partial charge in [-0.25, -0.2) is 0 Å². The van der Waals surface area contributed by atoms with Crippen molar-refractivity contribution in [2.24, 2.45) is 33.5 Å². The molecule has 4 aliphatic rings. The SMILES string of the molecule is CC[C@]1(C)C2=CC/C=C(\C)C3=C(/C=C/[C@]2(C)CC[C@@]1(C)[C@@H]1C[C@](C)(C(=O)O)CC[C@H]1C)OC(C)(C)O3. The fraction of sp³-hybridized carbons (Fsp3) is 0.719. The molecular weight excluding hydrogens is 448 g/mol. The zero-order valence-electron chi connectivity index (χ0n) is 24.1. The third-order valence-electron chi connectivity index (χ3n) is 10.8. The van der Waals surface area contributed by atoms with Gasteiger partial charge >= 0.3 is 5.97 Å². The van der Waals surface area contributed by atoms with Gasteiger partial charge in [-0.15, -0.1) is 0 Å². The molecule has 0 saturated heterocycles. The van der Waals surface area contributed by atoms with Gasteiger partial charge in [-0.3, -0.25) is 4.79 Å². The first kappa shape index (κ1) is 27.1. The zero-order valence-corrected chi connectivity index (χ0v) is 24.1. The van der Waals surface area contributed by atoms with Crippen LogP contribution in [0.3, 0.4) is 0 Å². The van der Waals surface area contributed by atoms with Crippen LogP contribution >= 0.6 is 0 Å². The van der Waals surface area contributed by atoms with Gasteiger partial charge in [0.05, 0.1) is 5.41 Å². The van der Waals surface area contributed by atoms with E-state index in [0.29, 0.717) is 11.8 Å². The number of fused-ring (bicyclic) bond motifs is 1. The van der Waals surface area contributed by atoms with Crippen LogP contribution in [0.15, 0.2) is 47.0 Å². The molecule has 200 valence electrons. The summed E-state index contributed by atoms with van der Waals surface area (Å²) >= 11 is 0. The van der Waals surface area contributed by atoms with Crippen molar-refractivity contribution >= 4 is 5.97 Å². The first-order chi connectivity index (χ1) is 16.6. The van der Waals surface area contributed by atoms with Crippen LogP contribution in [0.5, 0.6) is 0 Å². The van der Waals surface area contributed by atoms with Gasteiger partial charge in [0.25, 0.3) is 0 Å². The van der Waals surface area contributed by atoms with Gasteiger partial charge in [0, 0.05) is 19.3 Å². The first-order valence-electron chi connectivity index (χ1n) is 14.0. The summed E-state index contributed by atoms with van der Waals surface area (Å²) in [5, 5.41) is 10.1. The number of carboxylic acids is 1. The third-order valence-corrected chi connectivity index (χ3v) is 10.8. The summed E-state index contributed by atoms with van der Waals surface area (Å²) in [6.45, 7) is 20.0. The number of ether oxygens (including phenoxy) is 2. The van der Waals surface area contributed by atoms with E-state index in [4.69, 9.17) is 9.47 Å². The second kappa shape index (κ2) is 8.81. The van der Waals surface area contributed by atoms with Crippen molar-refractivity contribution in [3.05, 3.63) is 47.0 Å². The van der Waals surface area contributed by atoms with Gasteiger partial charge in [-0.1, -0.05) is 58.4 Å². The Kier molecular flexibility index (Phi) is 6.62. The average Bonchev–Trinajstić information content (AvgIpc) is 3.13. The van der Waals surface area contributed by atoms with E-state index in [-0.39, 0.29) is 16.2 Å². The van der Waals surface area contributed by atoms with Crippen LogP contribution in [0.1, 0.15) is 107 Å².